The maximum Gasteiger partial charge on any atom is 0.258 e. The molecular weight excluding hydrogens is 254 g/mol. The lowest BCUT2D eigenvalue weighted by Gasteiger charge is -2.16. The topological polar surface area (TPSA) is 88.1 Å². The van der Waals surface area contributed by atoms with E-state index in [0.717, 1.165) is 17.5 Å². The molecule has 0 saturated heterocycles. The molecule has 0 radical (unpaired) electrons. The average Bonchev–Trinajstić information content (AvgIpc) is 2.44. The van der Waals surface area contributed by atoms with Gasteiger partial charge in [0.15, 0.2) is 6.61 Å². The molecule has 1 unspecified atom stereocenters. The third-order valence-corrected chi connectivity index (χ3v) is 3.01. The number of nitrogens with one attached hydrogen (secondary N) is 1. The minimum absolute atomic E-state index is 0.0104. The molecule has 3 N–H and O–H groups in total. The second kappa shape index (κ2) is 8.18. The summed E-state index contributed by atoms with van der Waals surface area (Å²) in [6, 6.07) is 7.78. The quantitative estimate of drug-likeness (QED) is 0.734. The van der Waals surface area contributed by atoms with Crippen LogP contribution in [0.4, 0.5) is 0 Å². The SMILES string of the molecule is CCC(N)Cc1cccc(C)c1OCC(=O)NCC#N. The van der Waals surface area contributed by atoms with Gasteiger partial charge in [0, 0.05) is 6.04 Å². The second-order valence-electron chi connectivity index (χ2n) is 4.66. The smallest absolute Gasteiger partial charge is 0.258 e. The molecule has 0 aliphatic carbocycles. The van der Waals surface area contributed by atoms with Crippen LogP contribution in [0.1, 0.15) is 24.5 Å². The van der Waals surface area contributed by atoms with E-state index in [-0.39, 0.29) is 25.1 Å². The molecule has 0 saturated carbocycles. The second-order valence-corrected chi connectivity index (χ2v) is 4.66. The van der Waals surface area contributed by atoms with Crippen LogP contribution in [0.15, 0.2) is 18.2 Å². The molecule has 1 aromatic rings. The van der Waals surface area contributed by atoms with Crippen molar-refractivity contribution in [1.82, 2.24) is 5.32 Å². The first-order chi connectivity index (χ1) is 9.58. The molecule has 5 nitrogen and oxygen atoms in total. The molecule has 0 heterocycles. The number of carbonyl (C=O) groups excluding carboxylic acids is 1. The fourth-order valence-corrected chi connectivity index (χ4v) is 1.83. The number of hydrogen-bond acceptors (Lipinski definition) is 4. The van der Waals surface area contributed by atoms with Crippen molar-refractivity contribution in [3.63, 3.8) is 0 Å². The number of aryl methyl sites for hydroxylation is 1. The molecule has 0 aliphatic heterocycles. The van der Waals surface area contributed by atoms with Gasteiger partial charge >= 0.3 is 0 Å². The molecule has 1 rings (SSSR count). The summed E-state index contributed by atoms with van der Waals surface area (Å²) in [6.45, 7) is 3.87. The Morgan fingerprint density at radius 3 is 2.95 bits per heavy atom. The van der Waals surface area contributed by atoms with E-state index in [0.29, 0.717) is 12.2 Å². The van der Waals surface area contributed by atoms with E-state index < -0.39 is 0 Å². The highest BCUT2D eigenvalue weighted by atomic mass is 16.5. The van der Waals surface area contributed by atoms with Gasteiger partial charge < -0.3 is 15.8 Å². The van der Waals surface area contributed by atoms with Gasteiger partial charge in [0.25, 0.3) is 5.91 Å². The minimum Gasteiger partial charge on any atom is -0.483 e. The maximum atomic E-state index is 11.5. The van der Waals surface area contributed by atoms with Crippen LogP contribution in [-0.2, 0) is 11.2 Å². The van der Waals surface area contributed by atoms with Gasteiger partial charge in [-0.2, -0.15) is 5.26 Å². The van der Waals surface area contributed by atoms with Crippen LogP contribution in [0.2, 0.25) is 0 Å². The third-order valence-electron chi connectivity index (χ3n) is 3.01. The van der Waals surface area contributed by atoms with Crippen molar-refractivity contribution in [3.05, 3.63) is 29.3 Å². The van der Waals surface area contributed by atoms with Crippen molar-refractivity contribution in [2.75, 3.05) is 13.2 Å². The van der Waals surface area contributed by atoms with Gasteiger partial charge in [0.2, 0.25) is 0 Å². The molecule has 0 bridgehead atoms. The first-order valence-electron chi connectivity index (χ1n) is 6.69. The molecule has 20 heavy (non-hydrogen) atoms. The number of benzene rings is 1. The Morgan fingerprint density at radius 1 is 1.55 bits per heavy atom. The summed E-state index contributed by atoms with van der Waals surface area (Å²) >= 11 is 0. The number of nitrogens with zero attached hydrogens (tertiary/aromatic N) is 1. The Kier molecular flexibility index (Phi) is 6.54. The molecule has 108 valence electrons. The molecule has 0 aromatic heterocycles. The van der Waals surface area contributed by atoms with Crippen molar-refractivity contribution >= 4 is 5.91 Å². The number of amides is 1. The van der Waals surface area contributed by atoms with Gasteiger partial charge in [-0.15, -0.1) is 0 Å². The van der Waals surface area contributed by atoms with Crippen LogP contribution in [-0.4, -0.2) is 25.1 Å². The molecule has 5 heteroatoms. The monoisotopic (exact) mass is 275 g/mol. The van der Waals surface area contributed by atoms with Gasteiger partial charge in [-0.3, -0.25) is 4.79 Å². The van der Waals surface area contributed by atoms with Crippen molar-refractivity contribution in [2.24, 2.45) is 5.73 Å². The highest BCUT2D eigenvalue weighted by molar-refractivity contribution is 5.77. The van der Waals surface area contributed by atoms with Crippen LogP contribution >= 0.6 is 0 Å². The first-order valence-corrected chi connectivity index (χ1v) is 6.69. The zero-order valence-corrected chi connectivity index (χ0v) is 12.0. The number of carbonyl (C=O) groups is 1. The molecule has 0 aliphatic rings. The molecule has 1 atom stereocenters. The van der Waals surface area contributed by atoms with Crippen LogP contribution < -0.4 is 15.8 Å². The van der Waals surface area contributed by atoms with Crippen molar-refractivity contribution in [3.8, 4) is 11.8 Å². The zero-order chi connectivity index (χ0) is 15.0. The summed E-state index contributed by atoms with van der Waals surface area (Å²) in [7, 11) is 0. The summed E-state index contributed by atoms with van der Waals surface area (Å²) in [5.74, 6) is 0.407. The Labute approximate surface area is 119 Å². The first kappa shape index (κ1) is 16.0. The van der Waals surface area contributed by atoms with E-state index in [2.05, 4.69) is 5.32 Å². The van der Waals surface area contributed by atoms with Crippen molar-refractivity contribution in [2.45, 2.75) is 32.7 Å². The van der Waals surface area contributed by atoms with Crippen LogP contribution in [0.3, 0.4) is 0 Å². The van der Waals surface area contributed by atoms with Crippen LogP contribution in [0.25, 0.3) is 0 Å². The van der Waals surface area contributed by atoms with Crippen LogP contribution in [0, 0.1) is 18.3 Å². The Morgan fingerprint density at radius 2 is 2.30 bits per heavy atom. The Hall–Kier alpha value is -2.06. The number of nitriles is 1. The van der Waals surface area contributed by atoms with Crippen molar-refractivity contribution < 1.29 is 9.53 Å². The van der Waals surface area contributed by atoms with Crippen molar-refractivity contribution in [1.29, 1.82) is 5.26 Å². The molecular formula is C15H21N3O2. The summed E-state index contributed by atoms with van der Waals surface area (Å²) in [4.78, 5) is 11.5. The average molecular weight is 275 g/mol. The highest BCUT2D eigenvalue weighted by Gasteiger charge is 2.11. The zero-order valence-electron chi connectivity index (χ0n) is 12.0. The number of para-hydroxylation sites is 1. The Balaban J connectivity index is 2.73. The van der Waals surface area contributed by atoms with Gasteiger partial charge in [0.1, 0.15) is 12.3 Å². The largest absolute Gasteiger partial charge is 0.483 e. The van der Waals surface area contributed by atoms with E-state index in [9.17, 15) is 4.79 Å². The summed E-state index contributed by atoms with van der Waals surface area (Å²) in [5.41, 5.74) is 7.95. The lowest BCUT2D eigenvalue weighted by molar-refractivity contribution is -0.122. The van der Waals surface area contributed by atoms with E-state index in [1.807, 2.05) is 38.1 Å². The fraction of sp³-hybridized carbons (Fsp3) is 0.467. The number of ether oxygens (including phenoxy) is 1. The molecule has 1 aromatic carbocycles. The Bertz CT molecular complexity index is 494. The normalized spacial score (nSPS) is 11.5. The summed E-state index contributed by atoms with van der Waals surface area (Å²) < 4.78 is 5.60. The van der Waals surface area contributed by atoms with Gasteiger partial charge in [0.05, 0.1) is 6.07 Å². The van der Waals surface area contributed by atoms with E-state index >= 15 is 0 Å². The maximum absolute atomic E-state index is 11.5. The lowest BCUT2D eigenvalue weighted by atomic mass is 10.0. The fourth-order valence-electron chi connectivity index (χ4n) is 1.83. The van der Waals surface area contributed by atoms with Crippen LogP contribution in [0.5, 0.6) is 5.75 Å². The standard InChI is InChI=1S/C15H21N3O2/c1-3-13(17)9-12-6-4-5-11(2)15(12)20-10-14(19)18-8-7-16/h4-6,13H,3,8-10,17H2,1-2H3,(H,18,19). The van der Waals surface area contributed by atoms with E-state index in [4.69, 9.17) is 15.7 Å². The van der Waals surface area contributed by atoms with Gasteiger partial charge in [-0.25, -0.2) is 0 Å². The predicted octanol–water partition coefficient (Wildman–Crippen LogP) is 1.29. The van der Waals surface area contributed by atoms with Gasteiger partial charge in [-0.05, 0) is 30.9 Å². The molecule has 1 amide bonds. The summed E-state index contributed by atoms with van der Waals surface area (Å²) in [5, 5.41) is 10.8. The predicted molar refractivity (Wildman–Crippen MR) is 77.3 cm³/mol. The van der Waals surface area contributed by atoms with Gasteiger partial charge in [-0.1, -0.05) is 25.1 Å². The molecule has 0 fully saturated rings. The minimum atomic E-state index is -0.305. The third kappa shape index (κ3) is 4.90. The van der Waals surface area contributed by atoms with E-state index in [1.165, 1.54) is 0 Å². The molecule has 0 spiro atoms. The highest BCUT2D eigenvalue weighted by Crippen LogP contribution is 2.24. The number of nitrogens with two attached hydrogens (primary N) is 1. The van der Waals surface area contributed by atoms with E-state index in [1.54, 1.807) is 0 Å². The lowest BCUT2D eigenvalue weighted by Crippen LogP contribution is -2.29. The number of rotatable bonds is 7. The number of hydrogen-bond donors (Lipinski definition) is 2. The summed E-state index contributed by atoms with van der Waals surface area (Å²) in [6.07, 6.45) is 1.60.